The van der Waals surface area contributed by atoms with Gasteiger partial charge < -0.3 is 14.8 Å². The molecular weight excluding hydrogens is 349 g/mol. The molecule has 1 amide bonds. The number of methoxy groups -OCH3 is 2. The largest absolute Gasteiger partial charge is 0.493 e. The van der Waals surface area contributed by atoms with E-state index in [9.17, 15) is 4.79 Å². The maximum absolute atomic E-state index is 12.6. The first-order valence-corrected chi connectivity index (χ1v) is 8.23. The number of ether oxygens (including phenoxy) is 2. The van der Waals surface area contributed by atoms with Gasteiger partial charge in [0.2, 0.25) is 0 Å². The fourth-order valence-electron chi connectivity index (χ4n) is 2.41. The van der Waals surface area contributed by atoms with Crippen molar-refractivity contribution in [3.05, 3.63) is 57.6 Å². The van der Waals surface area contributed by atoms with Gasteiger partial charge in [0.1, 0.15) is 0 Å². The van der Waals surface area contributed by atoms with Gasteiger partial charge in [0.25, 0.3) is 5.91 Å². The quantitative estimate of drug-likeness (QED) is 0.790. The van der Waals surface area contributed by atoms with E-state index in [1.165, 1.54) is 14.2 Å². The summed E-state index contributed by atoms with van der Waals surface area (Å²) in [5.41, 5.74) is 1.40. The molecule has 0 saturated carbocycles. The molecule has 0 aliphatic carbocycles. The standard InChI is InChI=1S/C18H19Cl2NO3/c1-4-15(11-5-7-13(19)8-6-11)21-18(22)12-9-14(20)17(24-3)16(10-12)23-2/h5-10,15H,4H2,1-3H3,(H,21,22). The average Bonchev–Trinajstić information content (AvgIpc) is 2.59. The smallest absolute Gasteiger partial charge is 0.251 e. The van der Waals surface area contributed by atoms with Crippen LogP contribution in [0, 0.1) is 0 Å². The summed E-state index contributed by atoms with van der Waals surface area (Å²) in [6, 6.07) is 10.5. The van der Waals surface area contributed by atoms with Crippen molar-refractivity contribution in [2.45, 2.75) is 19.4 Å². The fraction of sp³-hybridized carbons (Fsp3) is 0.278. The Balaban J connectivity index is 2.24. The fourth-order valence-corrected chi connectivity index (χ4v) is 2.82. The van der Waals surface area contributed by atoms with Crippen molar-refractivity contribution < 1.29 is 14.3 Å². The van der Waals surface area contributed by atoms with Gasteiger partial charge in [-0.05, 0) is 36.2 Å². The summed E-state index contributed by atoms with van der Waals surface area (Å²) in [4.78, 5) is 12.6. The number of rotatable bonds is 6. The van der Waals surface area contributed by atoms with Crippen LogP contribution in [0.5, 0.6) is 11.5 Å². The molecule has 0 heterocycles. The Bertz CT molecular complexity index is 717. The molecular formula is C18H19Cl2NO3. The molecule has 2 rings (SSSR count). The van der Waals surface area contributed by atoms with Crippen LogP contribution in [-0.2, 0) is 0 Å². The molecule has 1 unspecified atom stereocenters. The van der Waals surface area contributed by atoms with Gasteiger partial charge in [-0.15, -0.1) is 0 Å². The zero-order valence-electron chi connectivity index (χ0n) is 13.7. The van der Waals surface area contributed by atoms with Crippen LogP contribution >= 0.6 is 23.2 Å². The number of hydrogen-bond donors (Lipinski definition) is 1. The Morgan fingerprint density at radius 2 is 1.79 bits per heavy atom. The number of hydrogen-bond acceptors (Lipinski definition) is 3. The second-order valence-electron chi connectivity index (χ2n) is 5.18. The lowest BCUT2D eigenvalue weighted by molar-refractivity contribution is 0.0935. The Labute approximate surface area is 151 Å². The Morgan fingerprint density at radius 1 is 1.12 bits per heavy atom. The van der Waals surface area contributed by atoms with E-state index in [2.05, 4.69) is 5.32 Å². The Kier molecular flexibility index (Phi) is 6.35. The minimum absolute atomic E-state index is 0.123. The minimum Gasteiger partial charge on any atom is -0.493 e. The lowest BCUT2D eigenvalue weighted by Gasteiger charge is -2.18. The lowest BCUT2D eigenvalue weighted by Crippen LogP contribution is -2.28. The second-order valence-corrected chi connectivity index (χ2v) is 6.02. The number of amides is 1. The number of halogens is 2. The van der Waals surface area contributed by atoms with E-state index in [0.29, 0.717) is 27.1 Å². The molecule has 128 valence electrons. The SMILES string of the molecule is CCC(NC(=O)c1cc(Cl)c(OC)c(OC)c1)c1ccc(Cl)cc1. The molecule has 2 aromatic carbocycles. The van der Waals surface area contributed by atoms with Gasteiger partial charge >= 0.3 is 0 Å². The Morgan fingerprint density at radius 3 is 2.33 bits per heavy atom. The number of carbonyl (C=O) groups is 1. The van der Waals surface area contributed by atoms with Crippen LogP contribution in [0.4, 0.5) is 0 Å². The number of nitrogens with one attached hydrogen (secondary N) is 1. The predicted molar refractivity (Wildman–Crippen MR) is 96.5 cm³/mol. The minimum atomic E-state index is -0.236. The van der Waals surface area contributed by atoms with Gasteiger partial charge in [-0.3, -0.25) is 4.79 Å². The first-order valence-electron chi connectivity index (χ1n) is 7.48. The van der Waals surface area contributed by atoms with E-state index in [0.717, 1.165) is 12.0 Å². The Hall–Kier alpha value is -1.91. The third-order valence-corrected chi connectivity index (χ3v) is 4.21. The van der Waals surface area contributed by atoms with Gasteiger partial charge in [0.05, 0.1) is 25.3 Å². The topological polar surface area (TPSA) is 47.6 Å². The molecule has 1 N–H and O–H groups in total. The third-order valence-electron chi connectivity index (χ3n) is 3.68. The highest BCUT2D eigenvalue weighted by atomic mass is 35.5. The van der Waals surface area contributed by atoms with E-state index >= 15 is 0 Å². The molecule has 0 spiro atoms. The van der Waals surface area contributed by atoms with Crippen LogP contribution in [0.1, 0.15) is 35.3 Å². The van der Waals surface area contributed by atoms with Gasteiger partial charge in [0, 0.05) is 10.6 Å². The molecule has 0 saturated heterocycles. The zero-order chi connectivity index (χ0) is 17.7. The molecule has 4 nitrogen and oxygen atoms in total. The van der Waals surface area contributed by atoms with Crippen LogP contribution < -0.4 is 14.8 Å². The van der Waals surface area contributed by atoms with Crippen LogP contribution in [0.2, 0.25) is 10.0 Å². The van der Waals surface area contributed by atoms with E-state index < -0.39 is 0 Å². The predicted octanol–water partition coefficient (Wildman–Crippen LogP) is 4.89. The van der Waals surface area contributed by atoms with Crippen molar-refractivity contribution in [3.63, 3.8) is 0 Å². The summed E-state index contributed by atoms with van der Waals surface area (Å²) >= 11 is 12.1. The van der Waals surface area contributed by atoms with E-state index in [-0.39, 0.29) is 11.9 Å². The van der Waals surface area contributed by atoms with Crippen molar-refractivity contribution in [1.82, 2.24) is 5.32 Å². The molecule has 0 aliphatic rings. The van der Waals surface area contributed by atoms with Gasteiger partial charge in [-0.25, -0.2) is 0 Å². The zero-order valence-corrected chi connectivity index (χ0v) is 15.2. The molecule has 0 radical (unpaired) electrons. The molecule has 6 heteroatoms. The highest BCUT2D eigenvalue weighted by molar-refractivity contribution is 6.32. The van der Waals surface area contributed by atoms with Gasteiger partial charge in [0.15, 0.2) is 11.5 Å². The lowest BCUT2D eigenvalue weighted by atomic mass is 10.0. The van der Waals surface area contributed by atoms with Crippen molar-refractivity contribution in [2.24, 2.45) is 0 Å². The summed E-state index contributed by atoms with van der Waals surface area (Å²) in [6.45, 7) is 2.00. The third kappa shape index (κ3) is 4.13. The molecule has 0 fully saturated rings. The first-order chi connectivity index (χ1) is 11.5. The van der Waals surface area contributed by atoms with E-state index in [1.807, 2.05) is 19.1 Å². The molecule has 0 aliphatic heterocycles. The summed E-state index contributed by atoms with van der Waals surface area (Å²) < 4.78 is 10.4. The maximum Gasteiger partial charge on any atom is 0.251 e. The van der Waals surface area contributed by atoms with Gasteiger partial charge in [-0.2, -0.15) is 0 Å². The summed E-state index contributed by atoms with van der Waals surface area (Å²) in [5.74, 6) is 0.579. The highest BCUT2D eigenvalue weighted by Crippen LogP contribution is 2.36. The molecule has 0 bridgehead atoms. The molecule has 1 atom stereocenters. The van der Waals surface area contributed by atoms with Crippen molar-refractivity contribution in [3.8, 4) is 11.5 Å². The molecule has 2 aromatic rings. The average molecular weight is 368 g/mol. The van der Waals surface area contributed by atoms with Crippen LogP contribution in [-0.4, -0.2) is 20.1 Å². The summed E-state index contributed by atoms with van der Waals surface area (Å²) in [7, 11) is 3.00. The maximum atomic E-state index is 12.6. The van der Waals surface area contributed by atoms with Crippen molar-refractivity contribution in [1.29, 1.82) is 0 Å². The molecule has 0 aromatic heterocycles. The van der Waals surface area contributed by atoms with Crippen LogP contribution in [0.3, 0.4) is 0 Å². The number of benzene rings is 2. The monoisotopic (exact) mass is 367 g/mol. The first kappa shape index (κ1) is 18.4. The van der Waals surface area contributed by atoms with E-state index in [4.69, 9.17) is 32.7 Å². The van der Waals surface area contributed by atoms with Gasteiger partial charge in [-0.1, -0.05) is 42.3 Å². The van der Waals surface area contributed by atoms with E-state index in [1.54, 1.807) is 24.3 Å². The molecule has 24 heavy (non-hydrogen) atoms. The second kappa shape index (κ2) is 8.27. The van der Waals surface area contributed by atoms with Crippen LogP contribution in [0.15, 0.2) is 36.4 Å². The van der Waals surface area contributed by atoms with Crippen molar-refractivity contribution >= 4 is 29.1 Å². The number of carbonyl (C=O) groups excluding carboxylic acids is 1. The highest BCUT2D eigenvalue weighted by Gasteiger charge is 2.18. The normalized spacial score (nSPS) is 11.7. The van der Waals surface area contributed by atoms with Crippen LogP contribution in [0.25, 0.3) is 0 Å². The summed E-state index contributed by atoms with van der Waals surface area (Å²) in [6.07, 6.45) is 0.744. The van der Waals surface area contributed by atoms with Crippen molar-refractivity contribution in [2.75, 3.05) is 14.2 Å². The summed E-state index contributed by atoms with van der Waals surface area (Å²) in [5, 5.41) is 3.98.